The van der Waals surface area contributed by atoms with Crippen LogP contribution in [-0.2, 0) is 6.42 Å². The molecule has 1 aromatic carbocycles. The predicted molar refractivity (Wildman–Crippen MR) is 65.8 cm³/mol. The zero-order valence-electron chi connectivity index (χ0n) is 8.43. The molecule has 1 nitrogen and oxygen atoms in total. The van der Waals surface area contributed by atoms with Gasteiger partial charge in [-0.1, -0.05) is 36.5 Å². The van der Waals surface area contributed by atoms with Crippen molar-refractivity contribution in [1.29, 1.82) is 0 Å². The number of aryl methyl sites for hydroxylation is 1. The molecule has 2 rings (SSSR count). The molecule has 0 saturated carbocycles. The first-order chi connectivity index (χ1) is 7.20. The summed E-state index contributed by atoms with van der Waals surface area (Å²) >= 11 is 12.1. The summed E-state index contributed by atoms with van der Waals surface area (Å²) in [6.07, 6.45) is 2.01. The summed E-state index contributed by atoms with van der Waals surface area (Å²) in [6, 6.07) is 7.52. The van der Waals surface area contributed by atoms with Crippen LogP contribution in [0.5, 0.6) is 0 Å². The Hall–Kier alpha value is -0.790. The Balaban J connectivity index is 2.63. The summed E-state index contributed by atoms with van der Waals surface area (Å²) in [5.41, 5.74) is 1.90. The van der Waals surface area contributed by atoms with E-state index in [0.717, 1.165) is 34.5 Å². The van der Waals surface area contributed by atoms with E-state index in [0.29, 0.717) is 5.02 Å². The SMILES string of the molecule is CCCc1cc(Cl)c2ccc(Cl)cc2n1. The van der Waals surface area contributed by atoms with Crippen LogP contribution in [-0.4, -0.2) is 4.98 Å². The Kier molecular flexibility index (Phi) is 3.13. The highest BCUT2D eigenvalue weighted by Gasteiger charge is 2.04. The van der Waals surface area contributed by atoms with Crippen LogP contribution in [0.3, 0.4) is 0 Å². The number of hydrogen-bond acceptors (Lipinski definition) is 1. The fourth-order valence-corrected chi connectivity index (χ4v) is 2.05. The third-order valence-corrected chi connectivity index (χ3v) is 2.83. The van der Waals surface area contributed by atoms with E-state index < -0.39 is 0 Å². The van der Waals surface area contributed by atoms with Gasteiger partial charge in [-0.25, -0.2) is 0 Å². The molecule has 1 heterocycles. The number of hydrogen-bond donors (Lipinski definition) is 0. The first-order valence-electron chi connectivity index (χ1n) is 4.95. The van der Waals surface area contributed by atoms with Crippen LogP contribution in [0.1, 0.15) is 19.0 Å². The van der Waals surface area contributed by atoms with Crippen molar-refractivity contribution >= 4 is 34.1 Å². The van der Waals surface area contributed by atoms with E-state index in [2.05, 4.69) is 11.9 Å². The summed E-state index contributed by atoms with van der Waals surface area (Å²) in [5.74, 6) is 0. The number of halogens is 2. The third kappa shape index (κ3) is 2.24. The van der Waals surface area contributed by atoms with Gasteiger partial charge in [-0.2, -0.15) is 0 Å². The molecule has 1 aromatic heterocycles. The molecule has 0 spiro atoms. The molecule has 3 heteroatoms. The predicted octanol–water partition coefficient (Wildman–Crippen LogP) is 4.49. The Labute approximate surface area is 99.0 Å². The summed E-state index contributed by atoms with van der Waals surface area (Å²) in [5, 5.41) is 2.40. The van der Waals surface area contributed by atoms with Gasteiger partial charge in [0.05, 0.1) is 10.5 Å². The second kappa shape index (κ2) is 4.38. The van der Waals surface area contributed by atoms with E-state index in [9.17, 15) is 0 Å². The Morgan fingerprint density at radius 1 is 1.20 bits per heavy atom. The number of rotatable bonds is 2. The zero-order chi connectivity index (χ0) is 10.8. The lowest BCUT2D eigenvalue weighted by atomic mass is 10.1. The van der Waals surface area contributed by atoms with Crippen molar-refractivity contribution in [2.24, 2.45) is 0 Å². The fraction of sp³-hybridized carbons (Fsp3) is 0.250. The second-order valence-corrected chi connectivity index (χ2v) is 4.35. The monoisotopic (exact) mass is 239 g/mol. The quantitative estimate of drug-likeness (QED) is 0.753. The highest BCUT2D eigenvalue weighted by atomic mass is 35.5. The van der Waals surface area contributed by atoms with Crippen LogP contribution in [0.4, 0.5) is 0 Å². The molecule has 0 unspecified atom stereocenters. The van der Waals surface area contributed by atoms with Gasteiger partial charge in [0.2, 0.25) is 0 Å². The Bertz CT molecular complexity index is 494. The van der Waals surface area contributed by atoms with Crippen molar-refractivity contribution in [3.05, 3.63) is 40.0 Å². The lowest BCUT2D eigenvalue weighted by molar-refractivity contribution is 0.890. The molecule has 0 radical (unpaired) electrons. The number of aromatic nitrogens is 1. The minimum absolute atomic E-state index is 0.694. The summed E-state index contributed by atoms with van der Waals surface area (Å²) in [4.78, 5) is 4.52. The highest BCUT2D eigenvalue weighted by Crippen LogP contribution is 2.25. The van der Waals surface area contributed by atoms with Crippen molar-refractivity contribution in [2.75, 3.05) is 0 Å². The summed E-state index contributed by atoms with van der Waals surface area (Å²) < 4.78 is 0. The van der Waals surface area contributed by atoms with Crippen LogP contribution in [0, 0.1) is 0 Å². The average molecular weight is 240 g/mol. The van der Waals surface area contributed by atoms with E-state index in [1.54, 1.807) is 0 Å². The van der Waals surface area contributed by atoms with Crippen molar-refractivity contribution in [2.45, 2.75) is 19.8 Å². The molecule has 0 amide bonds. The van der Waals surface area contributed by atoms with E-state index in [1.165, 1.54) is 0 Å². The Morgan fingerprint density at radius 3 is 2.73 bits per heavy atom. The van der Waals surface area contributed by atoms with Crippen LogP contribution in [0.25, 0.3) is 10.9 Å². The van der Waals surface area contributed by atoms with Crippen LogP contribution >= 0.6 is 23.2 Å². The maximum atomic E-state index is 6.17. The number of pyridine rings is 1. The molecule has 0 fully saturated rings. The van der Waals surface area contributed by atoms with Gasteiger partial charge in [0.15, 0.2) is 0 Å². The third-order valence-electron chi connectivity index (χ3n) is 2.28. The lowest BCUT2D eigenvalue weighted by Gasteiger charge is -2.04. The maximum absolute atomic E-state index is 6.17. The van der Waals surface area contributed by atoms with Gasteiger partial charge in [-0.15, -0.1) is 0 Å². The van der Waals surface area contributed by atoms with E-state index >= 15 is 0 Å². The molecular formula is C12H11Cl2N. The molecule has 0 N–H and O–H groups in total. The standard InChI is InChI=1S/C12H11Cl2N/c1-2-3-9-7-11(14)10-5-4-8(13)6-12(10)15-9/h4-7H,2-3H2,1H3. The number of fused-ring (bicyclic) bond motifs is 1. The van der Waals surface area contributed by atoms with Crippen LogP contribution in [0.2, 0.25) is 10.0 Å². The fourth-order valence-electron chi connectivity index (χ4n) is 1.59. The zero-order valence-corrected chi connectivity index (χ0v) is 9.94. The smallest absolute Gasteiger partial charge is 0.0735 e. The summed E-state index contributed by atoms with van der Waals surface area (Å²) in [6.45, 7) is 2.12. The van der Waals surface area contributed by atoms with Crippen molar-refractivity contribution < 1.29 is 0 Å². The average Bonchev–Trinajstić information content (AvgIpc) is 2.17. The molecule has 0 bridgehead atoms. The molecule has 0 aliphatic carbocycles. The molecule has 0 atom stereocenters. The first-order valence-corrected chi connectivity index (χ1v) is 5.71. The van der Waals surface area contributed by atoms with Gasteiger partial charge in [-0.3, -0.25) is 4.98 Å². The minimum atomic E-state index is 0.694. The van der Waals surface area contributed by atoms with Gasteiger partial charge >= 0.3 is 0 Å². The first kappa shape index (κ1) is 10.7. The topological polar surface area (TPSA) is 12.9 Å². The molecule has 15 heavy (non-hydrogen) atoms. The summed E-state index contributed by atoms with van der Waals surface area (Å²) in [7, 11) is 0. The van der Waals surface area contributed by atoms with Gasteiger partial charge in [0.1, 0.15) is 0 Å². The molecular weight excluding hydrogens is 229 g/mol. The van der Waals surface area contributed by atoms with Gasteiger partial charge in [-0.05, 0) is 30.7 Å². The van der Waals surface area contributed by atoms with Crippen molar-refractivity contribution in [3.8, 4) is 0 Å². The van der Waals surface area contributed by atoms with Gasteiger partial charge in [0.25, 0.3) is 0 Å². The lowest BCUT2D eigenvalue weighted by Crippen LogP contribution is -1.90. The van der Waals surface area contributed by atoms with E-state index in [1.807, 2.05) is 24.3 Å². The second-order valence-electron chi connectivity index (χ2n) is 3.51. The van der Waals surface area contributed by atoms with E-state index in [4.69, 9.17) is 23.2 Å². The maximum Gasteiger partial charge on any atom is 0.0735 e. The normalized spacial score (nSPS) is 10.9. The molecule has 2 aromatic rings. The minimum Gasteiger partial charge on any atom is -0.253 e. The molecule has 0 aliphatic rings. The van der Waals surface area contributed by atoms with Crippen LogP contribution in [0.15, 0.2) is 24.3 Å². The van der Waals surface area contributed by atoms with Crippen LogP contribution < -0.4 is 0 Å². The largest absolute Gasteiger partial charge is 0.253 e. The number of nitrogens with zero attached hydrogens (tertiary/aromatic N) is 1. The molecule has 0 aliphatic heterocycles. The highest BCUT2D eigenvalue weighted by molar-refractivity contribution is 6.36. The van der Waals surface area contributed by atoms with Crippen molar-refractivity contribution in [1.82, 2.24) is 4.98 Å². The molecule has 78 valence electrons. The number of benzene rings is 1. The van der Waals surface area contributed by atoms with Crippen molar-refractivity contribution in [3.63, 3.8) is 0 Å². The van der Waals surface area contributed by atoms with Gasteiger partial charge < -0.3 is 0 Å². The van der Waals surface area contributed by atoms with E-state index in [-0.39, 0.29) is 0 Å². The van der Waals surface area contributed by atoms with Gasteiger partial charge in [0, 0.05) is 16.1 Å². The Morgan fingerprint density at radius 2 is 2.00 bits per heavy atom. The molecule has 0 saturated heterocycles.